The van der Waals surface area contributed by atoms with Gasteiger partial charge in [0.05, 0.1) is 0 Å². The first-order valence-electron chi connectivity index (χ1n) is 4.81. The van der Waals surface area contributed by atoms with Gasteiger partial charge in [-0.2, -0.15) is 26.3 Å². The molecule has 0 saturated carbocycles. The fourth-order valence-corrected chi connectivity index (χ4v) is 3.14. The molecule has 0 fully saturated rings. The standard InChI is InChI=1S/C8H14F6O3Si/c1-15-18(16-2,17-3)5-4-6(7(9,10)11)8(12,13)14/h6H,4-5H2,1-3H3. The second-order valence-electron chi connectivity index (χ2n) is 3.47. The van der Waals surface area contributed by atoms with Crippen LogP contribution in [0.4, 0.5) is 26.3 Å². The number of hydrogen-bond acceptors (Lipinski definition) is 3. The summed E-state index contributed by atoms with van der Waals surface area (Å²) in [5.74, 6) is -3.41. The minimum Gasteiger partial charge on any atom is -0.377 e. The predicted octanol–water partition coefficient (Wildman–Crippen LogP) is 3.00. The zero-order valence-electron chi connectivity index (χ0n) is 9.98. The Morgan fingerprint density at radius 3 is 1.39 bits per heavy atom. The molecule has 3 nitrogen and oxygen atoms in total. The van der Waals surface area contributed by atoms with Crippen LogP contribution in [0.15, 0.2) is 0 Å². The molecule has 0 saturated heterocycles. The maximum absolute atomic E-state index is 12.3. The fraction of sp³-hybridized carbons (Fsp3) is 1.00. The van der Waals surface area contributed by atoms with Crippen molar-refractivity contribution in [1.82, 2.24) is 0 Å². The zero-order chi connectivity index (χ0) is 14.6. The molecule has 0 N–H and O–H groups in total. The van der Waals surface area contributed by atoms with E-state index in [1.54, 1.807) is 0 Å². The molecule has 0 unspecified atom stereocenters. The second kappa shape index (κ2) is 6.22. The Hall–Kier alpha value is -0.323. The Morgan fingerprint density at radius 1 is 0.833 bits per heavy atom. The van der Waals surface area contributed by atoms with Crippen molar-refractivity contribution in [2.45, 2.75) is 24.8 Å². The maximum atomic E-state index is 12.3. The van der Waals surface area contributed by atoms with E-state index in [0.717, 1.165) is 21.3 Å². The van der Waals surface area contributed by atoms with Crippen LogP contribution in [0.1, 0.15) is 6.42 Å². The summed E-state index contributed by atoms with van der Waals surface area (Å²) >= 11 is 0. The van der Waals surface area contributed by atoms with E-state index >= 15 is 0 Å². The highest BCUT2D eigenvalue weighted by Gasteiger charge is 2.57. The molecule has 0 aromatic rings. The first kappa shape index (κ1) is 17.7. The Morgan fingerprint density at radius 2 is 1.17 bits per heavy atom. The minimum absolute atomic E-state index is 0.569. The molecule has 0 aromatic heterocycles. The molecule has 0 radical (unpaired) electrons. The van der Waals surface area contributed by atoms with Crippen molar-refractivity contribution in [3.05, 3.63) is 0 Å². The highest BCUT2D eigenvalue weighted by atomic mass is 28.4. The van der Waals surface area contributed by atoms with Crippen LogP contribution in [0.3, 0.4) is 0 Å². The summed E-state index contributed by atoms with van der Waals surface area (Å²) in [5, 5.41) is 0. The summed E-state index contributed by atoms with van der Waals surface area (Å²) in [6.45, 7) is 0. The van der Waals surface area contributed by atoms with Gasteiger partial charge in [-0.15, -0.1) is 0 Å². The van der Waals surface area contributed by atoms with E-state index in [0.29, 0.717) is 0 Å². The molecule has 0 bridgehead atoms. The van der Waals surface area contributed by atoms with Crippen LogP contribution in [-0.2, 0) is 13.3 Å². The van der Waals surface area contributed by atoms with Crippen LogP contribution >= 0.6 is 0 Å². The summed E-state index contributed by atoms with van der Waals surface area (Å²) in [7, 11) is -0.0764. The SMILES string of the molecule is CO[Si](CCC(C(F)(F)F)C(F)(F)F)(OC)OC. The molecule has 0 aliphatic carbocycles. The van der Waals surface area contributed by atoms with Gasteiger partial charge in [-0.05, 0) is 6.42 Å². The Bertz CT molecular complexity index is 228. The van der Waals surface area contributed by atoms with Gasteiger partial charge in [0.1, 0.15) is 0 Å². The average molecular weight is 300 g/mol. The molecule has 0 rings (SSSR count). The summed E-state index contributed by atoms with van der Waals surface area (Å²) in [6.07, 6.45) is -11.9. The summed E-state index contributed by atoms with van der Waals surface area (Å²) in [6, 6.07) is -0.569. The van der Waals surface area contributed by atoms with Gasteiger partial charge in [0, 0.05) is 27.4 Å². The van der Waals surface area contributed by atoms with Crippen LogP contribution in [-0.4, -0.2) is 42.5 Å². The first-order valence-corrected chi connectivity index (χ1v) is 6.74. The molecule has 18 heavy (non-hydrogen) atoms. The molecule has 0 aliphatic rings. The highest BCUT2D eigenvalue weighted by molar-refractivity contribution is 6.60. The molecule has 0 heterocycles. The Labute approximate surface area is 101 Å². The van der Waals surface area contributed by atoms with E-state index in [9.17, 15) is 26.3 Å². The average Bonchev–Trinajstić information content (AvgIpc) is 2.21. The highest BCUT2D eigenvalue weighted by Crippen LogP contribution is 2.43. The lowest BCUT2D eigenvalue weighted by Crippen LogP contribution is -2.45. The lowest BCUT2D eigenvalue weighted by molar-refractivity contribution is -0.284. The normalized spacial score (nSPS) is 14.3. The van der Waals surface area contributed by atoms with Gasteiger partial charge in [-0.3, -0.25) is 0 Å². The third kappa shape index (κ3) is 4.75. The van der Waals surface area contributed by atoms with Crippen molar-refractivity contribution in [1.29, 1.82) is 0 Å². The first-order chi connectivity index (χ1) is 8.02. The summed E-state index contributed by atoms with van der Waals surface area (Å²) in [4.78, 5) is 0. The van der Waals surface area contributed by atoms with Crippen LogP contribution in [0.25, 0.3) is 0 Å². The topological polar surface area (TPSA) is 27.7 Å². The van der Waals surface area contributed by atoms with Crippen molar-refractivity contribution in [3.8, 4) is 0 Å². The van der Waals surface area contributed by atoms with Crippen molar-refractivity contribution in [3.63, 3.8) is 0 Å². The number of halogens is 6. The number of hydrogen-bond donors (Lipinski definition) is 0. The van der Waals surface area contributed by atoms with Crippen molar-refractivity contribution < 1.29 is 39.6 Å². The molecule has 0 amide bonds. The van der Waals surface area contributed by atoms with Gasteiger partial charge in [0.25, 0.3) is 0 Å². The smallest absolute Gasteiger partial charge is 0.377 e. The van der Waals surface area contributed by atoms with Gasteiger partial charge in [0.15, 0.2) is 5.92 Å². The molecule has 10 heteroatoms. The third-order valence-electron chi connectivity index (χ3n) is 2.46. The van der Waals surface area contributed by atoms with E-state index in [-0.39, 0.29) is 0 Å². The van der Waals surface area contributed by atoms with Crippen LogP contribution < -0.4 is 0 Å². The van der Waals surface area contributed by atoms with Crippen molar-refractivity contribution in [2.24, 2.45) is 5.92 Å². The van der Waals surface area contributed by atoms with Gasteiger partial charge in [0.2, 0.25) is 0 Å². The molecular formula is C8H14F6O3Si. The lowest BCUT2D eigenvalue weighted by atomic mass is 10.1. The lowest BCUT2D eigenvalue weighted by Gasteiger charge is -2.28. The van der Waals surface area contributed by atoms with Crippen LogP contribution in [0.2, 0.25) is 6.04 Å². The monoisotopic (exact) mass is 300 g/mol. The van der Waals surface area contributed by atoms with Crippen molar-refractivity contribution in [2.75, 3.05) is 21.3 Å². The van der Waals surface area contributed by atoms with Gasteiger partial charge >= 0.3 is 21.2 Å². The second-order valence-corrected chi connectivity index (χ2v) is 6.56. The largest absolute Gasteiger partial charge is 0.500 e. The van der Waals surface area contributed by atoms with E-state index < -0.39 is 39.5 Å². The van der Waals surface area contributed by atoms with Gasteiger partial charge in [-0.1, -0.05) is 0 Å². The Kier molecular flexibility index (Phi) is 6.10. The van der Waals surface area contributed by atoms with Gasteiger partial charge in [-0.25, -0.2) is 0 Å². The van der Waals surface area contributed by atoms with Crippen LogP contribution in [0.5, 0.6) is 0 Å². The predicted molar refractivity (Wildman–Crippen MR) is 51.8 cm³/mol. The van der Waals surface area contributed by atoms with E-state index in [4.69, 9.17) is 13.3 Å². The fourth-order valence-electron chi connectivity index (χ4n) is 1.39. The Balaban J connectivity index is 4.83. The third-order valence-corrected chi connectivity index (χ3v) is 5.23. The quantitative estimate of drug-likeness (QED) is 0.557. The van der Waals surface area contributed by atoms with E-state index in [1.165, 1.54) is 0 Å². The molecule has 110 valence electrons. The maximum Gasteiger partial charge on any atom is 0.500 e. The molecule has 0 aliphatic heterocycles. The molecule has 0 spiro atoms. The van der Waals surface area contributed by atoms with Gasteiger partial charge < -0.3 is 13.3 Å². The summed E-state index contributed by atoms with van der Waals surface area (Å²) in [5.41, 5.74) is 0. The molecular weight excluding hydrogens is 286 g/mol. The van der Waals surface area contributed by atoms with Crippen molar-refractivity contribution >= 4 is 8.80 Å². The summed E-state index contributed by atoms with van der Waals surface area (Å²) < 4.78 is 88.0. The number of alkyl halides is 6. The van der Waals surface area contributed by atoms with Crippen LogP contribution in [0, 0.1) is 5.92 Å². The molecule has 0 atom stereocenters. The zero-order valence-corrected chi connectivity index (χ0v) is 11.0. The van der Waals surface area contributed by atoms with E-state index in [2.05, 4.69) is 0 Å². The van der Waals surface area contributed by atoms with E-state index in [1.807, 2.05) is 0 Å². The molecule has 0 aromatic carbocycles. The number of rotatable bonds is 6. The minimum atomic E-state index is -5.35.